The van der Waals surface area contributed by atoms with Crippen molar-refractivity contribution in [2.75, 3.05) is 13.2 Å². The number of fused-ring (bicyclic) bond motifs is 1. The average Bonchev–Trinajstić information content (AvgIpc) is 3.21. The van der Waals surface area contributed by atoms with Gasteiger partial charge in [0.25, 0.3) is 0 Å². The normalized spacial score (nSPS) is 13.0. The van der Waals surface area contributed by atoms with Gasteiger partial charge in [-0.25, -0.2) is 19.0 Å². The third kappa shape index (κ3) is 9.39. The van der Waals surface area contributed by atoms with Crippen LogP contribution >= 0.6 is 0 Å². The molecular weight excluding hydrogens is 588 g/mol. The van der Waals surface area contributed by atoms with Crippen LogP contribution in [-0.2, 0) is 30.3 Å². The fourth-order valence-corrected chi connectivity index (χ4v) is 3.61. The van der Waals surface area contributed by atoms with Crippen molar-refractivity contribution in [3.8, 4) is 17.0 Å². The number of halogens is 8. The molecule has 0 bridgehead atoms. The molecule has 0 unspecified atom stereocenters. The number of esters is 1. The van der Waals surface area contributed by atoms with Gasteiger partial charge in [0.15, 0.2) is 13.2 Å². The number of rotatable bonds is 15. The zero-order chi connectivity index (χ0) is 31.3. The molecule has 2 heterocycles. The van der Waals surface area contributed by atoms with E-state index in [1.807, 2.05) is 30.5 Å². The molecule has 1 aromatic carbocycles. The Morgan fingerprint density at radius 2 is 1.60 bits per heavy atom. The molecule has 0 aliphatic carbocycles. The molecule has 3 aromatic rings. The minimum absolute atomic E-state index is 0.157. The summed E-state index contributed by atoms with van der Waals surface area (Å²) in [6.45, 7) is 3.21. The van der Waals surface area contributed by atoms with Crippen molar-refractivity contribution in [2.45, 2.75) is 45.2 Å². The van der Waals surface area contributed by atoms with E-state index >= 15 is 0 Å². The number of hydrogen-bond acceptors (Lipinski definition) is 7. The van der Waals surface area contributed by atoms with Crippen molar-refractivity contribution in [1.29, 1.82) is 0 Å². The van der Waals surface area contributed by atoms with E-state index in [1.54, 1.807) is 18.5 Å². The predicted molar refractivity (Wildman–Crippen MR) is 130 cm³/mol. The van der Waals surface area contributed by atoms with E-state index in [2.05, 4.69) is 30.5 Å². The second-order valence-corrected chi connectivity index (χ2v) is 9.10. The van der Waals surface area contributed by atoms with Crippen LogP contribution in [0.3, 0.4) is 0 Å². The van der Waals surface area contributed by atoms with Gasteiger partial charge in [0.05, 0.1) is 11.2 Å². The molecule has 0 saturated carbocycles. The number of benzene rings is 1. The predicted octanol–water partition coefficient (Wildman–Crippen LogP) is 6.80. The van der Waals surface area contributed by atoms with Gasteiger partial charge in [0.1, 0.15) is 5.75 Å². The molecule has 0 amide bonds. The molecule has 42 heavy (non-hydrogen) atoms. The van der Waals surface area contributed by atoms with E-state index in [0.717, 1.165) is 11.3 Å². The molecule has 0 aliphatic rings. The Labute approximate surface area is 233 Å². The topological polar surface area (TPSA) is 81.0 Å². The van der Waals surface area contributed by atoms with Crippen molar-refractivity contribution in [3.05, 3.63) is 61.4 Å². The number of hydrogen-bond donors (Lipinski definition) is 0. The summed E-state index contributed by atoms with van der Waals surface area (Å²) < 4.78 is 129. The Hall–Kier alpha value is -3.76. The van der Waals surface area contributed by atoms with Crippen LogP contribution in [0.15, 0.2) is 61.4 Å². The standard InChI is InChI=1S/C26H24F8N2O6/c1-4-22(37)39-15-24(29,30)41-26(33,34)42-25(31,32)40-23(27,28)14-38-19-8-7-17-10-20(18-6-5-9-35-12-18)36(13-16(2)3)21(17)11-19/h4-12,16H,1,13-15H2,2-3H3. The summed E-state index contributed by atoms with van der Waals surface area (Å²) in [4.78, 5) is 14.9. The number of aromatic nitrogens is 2. The molecule has 230 valence electrons. The Kier molecular flexibility index (Phi) is 9.85. The molecule has 3 rings (SSSR count). The summed E-state index contributed by atoms with van der Waals surface area (Å²) in [5.74, 6) is -1.53. The van der Waals surface area contributed by atoms with E-state index in [0.29, 0.717) is 23.5 Å². The van der Waals surface area contributed by atoms with Crippen LogP contribution in [0, 0.1) is 5.92 Å². The summed E-state index contributed by atoms with van der Waals surface area (Å²) in [5, 5.41) is 0.697. The van der Waals surface area contributed by atoms with Crippen molar-refractivity contribution in [1.82, 2.24) is 9.55 Å². The van der Waals surface area contributed by atoms with Crippen molar-refractivity contribution < 1.29 is 63.6 Å². The molecule has 16 heteroatoms. The smallest absolute Gasteiger partial charge is 0.484 e. The molecule has 0 N–H and O–H groups in total. The van der Waals surface area contributed by atoms with Gasteiger partial charge in [0, 0.05) is 42.0 Å². The van der Waals surface area contributed by atoms with Crippen molar-refractivity contribution >= 4 is 16.9 Å². The average molecular weight is 612 g/mol. The first-order chi connectivity index (χ1) is 19.4. The van der Waals surface area contributed by atoms with Crippen LogP contribution in [0.2, 0.25) is 0 Å². The molecule has 0 atom stereocenters. The maximum atomic E-state index is 14.1. The number of alkyl halides is 8. The summed E-state index contributed by atoms with van der Waals surface area (Å²) in [6, 6.07) is 9.56. The Bertz CT molecular complexity index is 1380. The lowest BCUT2D eigenvalue weighted by Crippen LogP contribution is -2.46. The number of carbonyl (C=O) groups is 1. The minimum atomic E-state index is -5.87. The van der Waals surface area contributed by atoms with Crippen LogP contribution in [-0.4, -0.2) is 53.5 Å². The highest BCUT2D eigenvalue weighted by molar-refractivity contribution is 5.88. The molecule has 2 aromatic heterocycles. The molecule has 0 radical (unpaired) electrons. The van der Waals surface area contributed by atoms with Crippen molar-refractivity contribution in [3.63, 3.8) is 0 Å². The minimum Gasteiger partial charge on any atom is -0.484 e. The first-order valence-corrected chi connectivity index (χ1v) is 12.0. The molecule has 0 spiro atoms. The highest BCUT2D eigenvalue weighted by atomic mass is 19.3. The monoisotopic (exact) mass is 612 g/mol. The Morgan fingerprint density at radius 1 is 0.952 bits per heavy atom. The van der Waals surface area contributed by atoms with E-state index in [-0.39, 0.29) is 11.7 Å². The molecule has 8 nitrogen and oxygen atoms in total. The summed E-state index contributed by atoms with van der Waals surface area (Å²) in [7, 11) is 0. The van der Waals surface area contributed by atoms with Gasteiger partial charge in [-0.2, -0.15) is 17.6 Å². The SMILES string of the molecule is C=CC(=O)OCC(F)(F)OC(F)(F)OC(F)(F)OC(F)(F)COc1ccc2cc(-c3cccnc3)n(CC(C)C)c2c1. The highest BCUT2D eigenvalue weighted by Gasteiger charge is 2.57. The van der Waals surface area contributed by atoms with Crippen LogP contribution in [0.4, 0.5) is 35.1 Å². The number of pyridine rings is 1. The second-order valence-electron chi connectivity index (χ2n) is 9.10. The summed E-state index contributed by atoms with van der Waals surface area (Å²) in [5.41, 5.74) is 2.09. The van der Waals surface area contributed by atoms with Gasteiger partial charge < -0.3 is 14.0 Å². The zero-order valence-corrected chi connectivity index (χ0v) is 22.0. The van der Waals surface area contributed by atoms with Crippen LogP contribution in [0.5, 0.6) is 5.75 Å². The van der Waals surface area contributed by atoms with Gasteiger partial charge in [-0.1, -0.05) is 20.4 Å². The van der Waals surface area contributed by atoms with E-state index in [9.17, 15) is 39.9 Å². The van der Waals surface area contributed by atoms with E-state index in [1.165, 1.54) is 18.2 Å². The lowest BCUT2D eigenvalue weighted by molar-refractivity contribution is -0.574. The van der Waals surface area contributed by atoms with Gasteiger partial charge in [-0.05, 0) is 36.2 Å². The van der Waals surface area contributed by atoms with Gasteiger partial charge in [-0.15, -0.1) is 17.6 Å². The summed E-state index contributed by atoms with van der Waals surface area (Å²) >= 11 is 0. The second kappa shape index (κ2) is 12.6. The largest absolute Gasteiger partial charge is 0.496 e. The van der Waals surface area contributed by atoms with Crippen LogP contribution < -0.4 is 4.74 Å². The van der Waals surface area contributed by atoms with E-state index < -0.39 is 44.0 Å². The Morgan fingerprint density at radius 3 is 2.17 bits per heavy atom. The van der Waals surface area contributed by atoms with Gasteiger partial charge in [0.2, 0.25) is 0 Å². The first-order valence-electron chi connectivity index (χ1n) is 12.0. The van der Waals surface area contributed by atoms with Crippen LogP contribution in [0.25, 0.3) is 22.2 Å². The van der Waals surface area contributed by atoms with Crippen LogP contribution in [0.1, 0.15) is 13.8 Å². The third-order valence-electron chi connectivity index (χ3n) is 5.11. The number of nitrogens with zero attached hydrogens (tertiary/aromatic N) is 2. The number of ether oxygens (including phenoxy) is 5. The Balaban J connectivity index is 1.70. The lowest BCUT2D eigenvalue weighted by atomic mass is 10.2. The molecule has 0 saturated heterocycles. The van der Waals surface area contributed by atoms with E-state index in [4.69, 9.17) is 4.74 Å². The fourth-order valence-electron chi connectivity index (χ4n) is 3.61. The lowest BCUT2D eigenvalue weighted by Gasteiger charge is -2.27. The quantitative estimate of drug-likeness (QED) is 0.0808. The highest BCUT2D eigenvalue weighted by Crippen LogP contribution is 2.37. The third-order valence-corrected chi connectivity index (χ3v) is 5.11. The summed E-state index contributed by atoms with van der Waals surface area (Å²) in [6.07, 6.45) is -18.1. The number of carbonyl (C=O) groups excluding carboxylic acids is 1. The zero-order valence-electron chi connectivity index (χ0n) is 22.0. The maximum Gasteiger partial charge on any atom is 0.496 e. The molecule has 0 aliphatic heterocycles. The first kappa shape index (κ1) is 32.8. The molecular formula is C26H24F8N2O6. The molecule has 0 fully saturated rings. The van der Waals surface area contributed by atoms with Crippen molar-refractivity contribution in [2.24, 2.45) is 5.92 Å². The van der Waals surface area contributed by atoms with Gasteiger partial charge >= 0.3 is 30.8 Å². The maximum absolute atomic E-state index is 14.1. The fraction of sp³-hybridized carbons (Fsp3) is 0.385. The van der Waals surface area contributed by atoms with Gasteiger partial charge in [-0.3, -0.25) is 4.98 Å².